The number of nitrogens with zero attached hydrogens (tertiary/aromatic N) is 1. The molecule has 98 valence electrons. The van der Waals surface area contributed by atoms with E-state index in [9.17, 15) is 4.79 Å². The number of thiocarbonyl (C=S) groups is 1. The fraction of sp³-hybridized carbons (Fsp3) is 0.214. The van der Waals surface area contributed by atoms with Gasteiger partial charge in [-0.05, 0) is 18.4 Å². The van der Waals surface area contributed by atoms with Crippen molar-refractivity contribution in [3.05, 3.63) is 53.0 Å². The maximum atomic E-state index is 12.6. The Morgan fingerprint density at radius 3 is 2.68 bits per heavy atom. The highest BCUT2D eigenvalue weighted by Gasteiger charge is 2.33. The third-order valence-corrected chi connectivity index (χ3v) is 3.90. The summed E-state index contributed by atoms with van der Waals surface area (Å²) in [6, 6.07) is 8.93. The van der Waals surface area contributed by atoms with Gasteiger partial charge >= 0.3 is 0 Å². The summed E-state index contributed by atoms with van der Waals surface area (Å²) in [6.45, 7) is 2.68. The number of carbonyl (C=O) groups is 1. The van der Waals surface area contributed by atoms with Crippen molar-refractivity contribution in [3.8, 4) is 0 Å². The van der Waals surface area contributed by atoms with Crippen molar-refractivity contribution in [2.45, 2.75) is 13.0 Å². The minimum atomic E-state index is -0.477. The van der Waals surface area contributed by atoms with E-state index in [4.69, 9.17) is 12.2 Å². The highest BCUT2D eigenvalue weighted by Crippen LogP contribution is 2.15. The van der Waals surface area contributed by atoms with E-state index >= 15 is 0 Å². The molecule has 2 rings (SSSR count). The number of carbonyl (C=O) groups excluding carboxylic acids is 1. The molecule has 0 saturated heterocycles. The Bertz CT molecular complexity index is 552. The lowest BCUT2D eigenvalue weighted by molar-refractivity contribution is -0.692. The van der Waals surface area contributed by atoms with Gasteiger partial charge in [-0.15, -0.1) is 11.3 Å². The molecule has 3 nitrogen and oxygen atoms in total. The molecule has 5 heteroatoms. The molecule has 0 bridgehead atoms. The predicted octanol–water partition coefficient (Wildman–Crippen LogP) is 2.40. The topological polar surface area (TPSA) is 33.0 Å². The first-order chi connectivity index (χ1) is 9.24. The minimum absolute atomic E-state index is 0.0251. The Balaban J connectivity index is 2.35. The third kappa shape index (κ3) is 3.24. The van der Waals surface area contributed by atoms with Crippen LogP contribution in [-0.2, 0) is 0 Å². The lowest BCUT2D eigenvalue weighted by Gasteiger charge is -2.12. The molecule has 1 unspecified atom stereocenters. The molecule has 0 amide bonds. The number of pyridine rings is 1. The molecule has 0 radical (unpaired) electrons. The number of aromatic nitrogens is 1. The van der Waals surface area contributed by atoms with E-state index in [1.54, 1.807) is 0 Å². The van der Waals surface area contributed by atoms with Crippen molar-refractivity contribution in [1.82, 2.24) is 5.32 Å². The molecular formula is C14H15N2OS2+. The molecular weight excluding hydrogens is 276 g/mol. The van der Waals surface area contributed by atoms with Gasteiger partial charge in [-0.25, -0.2) is 0 Å². The zero-order valence-electron chi connectivity index (χ0n) is 10.6. The summed E-state index contributed by atoms with van der Waals surface area (Å²) in [5, 5.41) is 4.98. The van der Waals surface area contributed by atoms with Crippen LogP contribution < -0.4 is 9.88 Å². The summed E-state index contributed by atoms with van der Waals surface area (Å²) < 4.78 is 1.84. The van der Waals surface area contributed by atoms with Crippen LogP contribution >= 0.6 is 23.6 Å². The van der Waals surface area contributed by atoms with Gasteiger partial charge in [-0.1, -0.05) is 24.4 Å². The van der Waals surface area contributed by atoms with Crippen LogP contribution in [0.15, 0.2) is 48.1 Å². The highest BCUT2D eigenvalue weighted by atomic mass is 32.1. The van der Waals surface area contributed by atoms with Crippen LogP contribution in [0.1, 0.15) is 22.6 Å². The van der Waals surface area contributed by atoms with Gasteiger partial charge in [-0.2, -0.15) is 4.57 Å². The smallest absolute Gasteiger partial charge is 0.271 e. The summed E-state index contributed by atoms with van der Waals surface area (Å²) in [4.78, 5) is 13.9. The average molecular weight is 291 g/mol. The Morgan fingerprint density at radius 1 is 1.37 bits per heavy atom. The number of nitrogens with one attached hydrogen (secondary N) is 1. The van der Waals surface area contributed by atoms with Gasteiger partial charge in [0.25, 0.3) is 6.04 Å². The fourth-order valence-corrected chi connectivity index (χ4v) is 2.86. The number of hydrogen-bond donors (Lipinski definition) is 1. The first-order valence-corrected chi connectivity index (χ1v) is 7.34. The zero-order valence-corrected chi connectivity index (χ0v) is 12.2. The Hall–Kier alpha value is -1.59. The molecule has 0 aromatic carbocycles. The van der Waals surface area contributed by atoms with Crippen LogP contribution in [0.4, 0.5) is 0 Å². The third-order valence-electron chi connectivity index (χ3n) is 2.65. The summed E-state index contributed by atoms with van der Waals surface area (Å²) in [5.41, 5.74) is 0. The number of hydrogen-bond acceptors (Lipinski definition) is 3. The molecule has 2 aromatic rings. The second-order valence-electron chi connectivity index (χ2n) is 3.96. The second-order valence-corrected chi connectivity index (χ2v) is 5.35. The Kier molecular flexibility index (Phi) is 4.76. The summed E-state index contributed by atoms with van der Waals surface area (Å²) in [5.74, 6) is 0.0251. The van der Waals surface area contributed by atoms with Crippen molar-refractivity contribution >= 4 is 34.3 Å². The van der Waals surface area contributed by atoms with E-state index < -0.39 is 6.04 Å². The zero-order chi connectivity index (χ0) is 13.7. The quantitative estimate of drug-likeness (QED) is 0.522. The summed E-state index contributed by atoms with van der Waals surface area (Å²) in [6.07, 6.45) is 3.72. The van der Waals surface area contributed by atoms with Crippen LogP contribution in [0.5, 0.6) is 0 Å². The number of thiophene rings is 1. The lowest BCUT2D eigenvalue weighted by Crippen LogP contribution is -2.51. The first-order valence-electron chi connectivity index (χ1n) is 6.05. The van der Waals surface area contributed by atoms with Gasteiger partial charge in [0.2, 0.25) is 5.78 Å². The van der Waals surface area contributed by atoms with Crippen LogP contribution in [0.25, 0.3) is 0 Å². The maximum absolute atomic E-state index is 12.6. The molecule has 0 aliphatic rings. The van der Waals surface area contributed by atoms with Crippen molar-refractivity contribution in [1.29, 1.82) is 0 Å². The first kappa shape index (κ1) is 13.8. The van der Waals surface area contributed by atoms with Crippen molar-refractivity contribution in [3.63, 3.8) is 0 Å². The van der Waals surface area contributed by atoms with Crippen LogP contribution in [0.2, 0.25) is 0 Å². The molecule has 0 saturated carbocycles. The van der Waals surface area contributed by atoms with Crippen molar-refractivity contribution < 1.29 is 9.36 Å². The molecule has 0 fully saturated rings. The van der Waals surface area contributed by atoms with Crippen molar-refractivity contribution in [2.24, 2.45) is 0 Å². The minimum Gasteiger partial charge on any atom is -0.374 e. The summed E-state index contributed by atoms with van der Waals surface area (Å²) in [7, 11) is 0. The molecule has 1 atom stereocenters. The predicted molar refractivity (Wildman–Crippen MR) is 80.6 cm³/mol. The largest absolute Gasteiger partial charge is 0.374 e. The van der Waals surface area contributed by atoms with Crippen LogP contribution in [-0.4, -0.2) is 17.3 Å². The molecule has 2 heterocycles. The van der Waals surface area contributed by atoms with Gasteiger partial charge in [0, 0.05) is 18.7 Å². The van der Waals surface area contributed by atoms with E-state index in [2.05, 4.69) is 5.32 Å². The fourth-order valence-electron chi connectivity index (χ4n) is 1.80. The van der Waals surface area contributed by atoms with Crippen LogP contribution in [0.3, 0.4) is 0 Å². The molecule has 0 aliphatic carbocycles. The molecule has 19 heavy (non-hydrogen) atoms. The van der Waals surface area contributed by atoms with E-state index in [1.165, 1.54) is 11.3 Å². The van der Waals surface area contributed by atoms with Gasteiger partial charge < -0.3 is 5.32 Å². The number of likely N-dealkylation sites (N-methyl/N-ethyl adjacent to an activating group) is 1. The highest BCUT2D eigenvalue weighted by molar-refractivity contribution is 7.80. The monoisotopic (exact) mass is 291 g/mol. The van der Waals surface area contributed by atoms with Crippen molar-refractivity contribution in [2.75, 3.05) is 6.54 Å². The molecule has 0 spiro atoms. The average Bonchev–Trinajstić information content (AvgIpc) is 2.94. The van der Waals surface area contributed by atoms with E-state index in [-0.39, 0.29) is 5.78 Å². The lowest BCUT2D eigenvalue weighted by atomic mass is 10.1. The maximum Gasteiger partial charge on any atom is 0.271 e. The van der Waals surface area contributed by atoms with Gasteiger partial charge in [0.15, 0.2) is 17.4 Å². The number of Topliss-reactive ketones (excluding diaryl/α,β-unsaturated/α-hetero) is 1. The Labute approximate surface area is 121 Å². The SMILES string of the molecule is CCNC(=S)C(C(=O)c1cccs1)[n+]1ccccc1. The number of rotatable bonds is 5. The van der Waals surface area contributed by atoms with E-state index in [0.29, 0.717) is 11.5 Å². The second kappa shape index (κ2) is 6.54. The van der Waals surface area contributed by atoms with Gasteiger partial charge in [-0.3, -0.25) is 4.79 Å². The van der Waals surface area contributed by atoms with Gasteiger partial charge in [0.05, 0.1) is 4.88 Å². The number of ketones is 1. The van der Waals surface area contributed by atoms with E-state index in [1.807, 2.05) is 59.6 Å². The molecule has 2 aromatic heterocycles. The summed E-state index contributed by atoms with van der Waals surface area (Å²) >= 11 is 6.80. The normalized spacial score (nSPS) is 11.8. The Morgan fingerprint density at radius 2 is 2.11 bits per heavy atom. The molecule has 0 aliphatic heterocycles. The molecule has 1 N–H and O–H groups in total. The standard InChI is InChI=1S/C14H14N2OS2/c1-2-15-14(18)12(16-8-4-3-5-9-16)13(17)11-7-6-10-19-11/h3-10,12H,2H2,1H3/p+1. The van der Waals surface area contributed by atoms with Gasteiger partial charge in [0.1, 0.15) is 0 Å². The van der Waals surface area contributed by atoms with E-state index in [0.717, 1.165) is 4.88 Å². The van der Waals surface area contributed by atoms with Crippen LogP contribution in [0, 0.1) is 0 Å².